The van der Waals surface area contributed by atoms with Gasteiger partial charge in [-0.25, -0.2) is 0 Å². The molecule has 4 nitrogen and oxygen atoms in total. The van der Waals surface area contributed by atoms with Crippen molar-refractivity contribution in [1.82, 2.24) is 5.32 Å². The van der Waals surface area contributed by atoms with Gasteiger partial charge in [0.25, 0.3) is 0 Å². The molecule has 2 rings (SSSR count). The summed E-state index contributed by atoms with van der Waals surface area (Å²) in [7, 11) is 0. The molecule has 2 fully saturated rings. The van der Waals surface area contributed by atoms with Gasteiger partial charge in [0.1, 0.15) is 0 Å². The Bertz CT molecular complexity index is 419. The molecule has 2 aliphatic rings. The summed E-state index contributed by atoms with van der Waals surface area (Å²) in [4.78, 5) is 22.4. The van der Waals surface area contributed by atoms with Crippen molar-refractivity contribution < 1.29 is 14.7 Å². The summed E-state index contributed by atoms with van der Waals surface area (Å²) >= 11 is 0. The average molecular weight is 307 g/mol. The largest absolute Gasteiger partial charge is 0.481 e. The maximum Gasteiger partial charge on any atom is 0.303 e. The molecule has 0 spiro atoms. The fourth-order valence-electron chi connectivity index (χ4n) is 4.20. The van der Waals surface area contributed by atoms with Gasteiger partial charge in [-0.2, -0.15) is 0 Å². The first kappa shape index (κ1) is 17.0. The second-order valence-electron chi connectivity index (χ2n) is 6.83. The van der Waals surface area contributed by atoms with Gasteiger partial charge in [0, 0.05) is 18.9 Å². The van der Waals surface area contributed by atoms with Gasteiger partial charge >= 0.3 is 5.97 Å². The highest BCUT2D eigenvalue weighted by Crippen LogP contribution is 2.49. The number of hydrogen-bond donors (Lipinski definition) is 2. The maximum absolute atomic E-state index is 11.9. The summed E-state index contributed by atoms with van der Waals surface area (Å²) in [5.74, 6) is 1.50. The van der Waals surface area contributed by atoms with Crippen LogP contribution in [0.5, 0.6) is 0 Å². The molecule has 0 aromatic heterocycles. The second-order valence-corrected chi connectivity index (χ2v) is 6.83. The fraction of sp³-hybridized carbons (Fsp3) is 0.778. The van der Waals surface area contributed by atoms with Crippen molar-refractivity contribution in [2.24, 2.45) is 17.8 Å². The smallest absolute Gasteiger partial charge is 0.303 e. The van der Waals surface area contributed by atoms with E-state index in [0.717, 1.165) is 25.2 Å². The number of allylic oxidation sites excluding steroid dienone is 2. The molecule has 0 heterocycles. The lowest BCUT2D eigenvalue weighted by Gasteiger charge is -2.31. The van der Waals surface area contributed by atoms with Crippen molar-refractivity contribution in [3.8, 4) is 0 Å². The number of rotatable bonds is 9. The molecule has 4 heteroatoms. The molecule has 124 valence electrons. The van der Waals surface area contributed by atoms with Gasteiger partial charge < -0.3 is 10.4 Å². The van der Waals surface area contributed by atoms with Crippen LogP contribution in [0.2, 0.25) is 0 Å². The van der Waals surface area contributed by atoms with E-state index in [0.29, 0.717) is 30.7 Å². The molecule has 0 aromatic rings. The third-order valence-corrected chi connectivity index (χ3v) is 5.23. The highest BCUT2D eigenvalue weighted by molar-refractivity contribution is 5.76. The Labute approximate surface area is 133 Å². The van der Waals surface area contributed by atoms with Gasteiger partial charge in [-0.15, -0.1) is 0 Å². The Morgan fingerprint density at radius 2 is 1.95 bits per heavy atom. The van der Waals surface area contributed by atoms with E-state index in [2.05, 4.69) is 17.5 Å². The zero-order chi connectivity index (χ0) is 15.9. The third kappa shape index (κ3) is 4.59. The van der Waals surface area contributed by atoms with Gasteiger partial charge in [-0.05, 0) is 62.7 Å². The van der Waals surface area contributed by atoms with E-state index >= 15 is 0 Å². The standard InChI is InChI=1S/C18H29NO3/c1-2-7-16(20)19-18-14-11-10-13(12-14)15(18)8-5-3-4-6-9-17(21)22/h3,5,13-15,18H,2,4,6-12H2,1H3,(H,19,20)(H,21,22)/b5-3-/t13-,14+,15+,18+/m1/s1. The van der Waals surface area contributed by atoms with Gasteiger partial charge in [-0.1, -0.05) is 19.1 Å². The van der Waals surface area contributed by atoms with E-state index in [1.165, 1.54) is 19.3 Å². The van der Waals surface area contributed by atoms with Crippen LogP contribution in [0.4, 0.5) is 0 Å². The Morgan fingerprint density at radius 3 is 2.68 bits per heavy atom. The lowest BCUT2D eigenvalue weighted by atomic mass is 9.82. The molecule has 0 aromatic carbocycles. The van der Waals surface area contributed by atoms with E-state index in [-0.39, 0.29) is 12.3 Å². The lowest BCUT2D eigenvalue weighted by molar-refractivity contribution is -0.137. The van der Waals surface area contributed by atoms with Crippen molar-refractivity contribution in [1.29, 1.82) is 0 Å². The summed E-state index contributed by atoms with van der Waals surface area (Å²) in [5.41, 5.74) is 0. The number of fused-ring (bicyclic) bond motifs is 2. The molecule has 0 aliphatic heterocycles. The van der Waals surface area contributed by atoms with Gasteiger partial charge in [0.2, 0.25) is 5.91 Å². The van der Waals surface area contributed by atoms with Crippen LogP contribution in [0.3, 0.4) is 0 Å². The van der Waals surface area contributed by atoms with E-state index in [9.17, 15) is 9.59 Å². The molecule has 2 N–H and O–H groups in total. The Balaban J connectivity index is 1.78. The lowest BCUT2D eigenvalue weighted by Crippen LogP contribution is -2.43. The topological polar surface area (TPSA) is 66.4 Å². The van der Waals surface area contributed by atoms with Gasteiger partial charge in [-0.3, -0.25) is 9.59 Å². The fourth-order valence-corrected chi connectivity index (χ4v) is 4.20. The number of carbonyl (C=O) groups excluding carboxylic acids is 1. The van der Waals surface area contributed by atoms with Crippen LogP contribution in [0.1, 0.15) is 64.7 Å². The SMILES string of the molecule is CCCC(=O)N[C@H]1[C@H]2CC[C@H](C2)[C@@H]1C/C=C\CCCC(=O)O. The number of carboxylic acids is 1. The van der Waals surface area contributed by atoms with Gasteiger partial charge in [0.05, 0.1) is 0 Å². The highest BCUT2D eigenvalue weighted by atomic mass is 16.4. The molecule has 2 bridgehead atoms. The van der Waals surface area contributed by atoms with Crippen LogP contribution in [0, 0.1) is 17.8 Å². The van der Waals surface area contributed by atoms with Crippen molar-refractivity contribution in [2.75, 3.05) is 0 Å². The summed E-state index contributed by atoms with van der Waals surface area (Å²) in [6.07, 6.45) is 12.5. The molecule has 22 heavy (non-hydrogen) atoms. The number of carboxylic acid groups (broad SMARTS) is 1. The molecule has 0 saturated heterocycles. The number of aliphatic carboxylic acids is 1. The first-order valence-corrected chi connectivity index (χ1v) is 8.78. The number of unbranched alkanes of at least 4 members (excludes halogenated alkanes) is 1. The van der Waals surface area contributed by atoms with Crippen LogP contribution >= 0.6 is 0 Å². The third-order valence-electron chi connectivity index (χ3n) is 5.23. The summed E-state index contributed by atoms with van der Waals surface area (Å²) in [6, 6.07) is 0.362. The van der Waals surface area contributed by atoms with Crippen molar-refractivity contribution in [3.63, 3.8) is 0 Å². The van der Waals surface area contributed by atoms with E-state index in [4.69, 9.17) is 5.11 Å². The van der Waals surface area contributed by atoms with Gasteiger partial charge in [0.15, 0.2) is 0 Å². The number of amides is 1. The predicted octanol–water partition coefficient (Wildman–Crippen LogP) is 3.52. The molecule has 4 atom stereocenters. The first-order chi connectivity index (χ1) is 10.6. The van der Waals surface area contributed by atoms with E-state index < -0.39 is 5.97 Å². The van der Waals surface area contributed by atoms with Crippen molar-refractivity contribution in [2.45, 2.75) is 70.8 Å². The highest BCUT2D eigenvalue weighted by Gasteiger charge is 2.47. The Morgan fingerprint density at radius 1 is 1.18 bits per heavy atom. The van der Waals surface area contributed by atoms with E-state index in [1.54, 1.807) is 0 Å². The molecule has 2 saturated carbocycles. The minimum absolute atomic E-state index is 0.204. The van der Waals surface area contributed by atoms with Crippen LogP contribution in [0.15, 0.2) is 12.2 Å². The minimum Gasteiger partial charge on any atom is -0.481 e. The summed E-state index contributed by atoms with van der Waals surface area (Å²) in [5, 5.41) is 11.9. The second kappa shape index (κ2) is 8.35. The normalized spacial score (nSPS) is 30.0. The zero-order valence-corrected chi connectivity index (χ0v) is 13.6. The number of hydrogen-bond acceptors (Lipinski definition) is 2. The van der Waals surface area contributed by atoms with Crippen molar-refractivity contribution in [3.05, 3.63) is 12.2 Å². The van der Waals surface area contributed by atoms with Crippen molar-refractivity contribution >= 4 is 11.9 Å². The minimum atomic E-state index is -0.722. The quantitative estimate of drug-likeness (QED) is 0.506. The summed E-state index contributed by atoms with van der Waals surface area (Å²) in [6.45, 7) is 2.04. The molecular formula is C18H29NO3. The Hall–Kier alpha value is -1.32. The molecule has 0 radical (unpaired) electrons. The number of carbonyl (C=O) groups is 2. The maximum atomic E-state index is 11.9. The summed E-state index contributed by atoms with van der Waals surface area (Å²) < 4.78 is 0. The first-order valence-electron chi connectivity index (χ1n) is 8.78. The molecular weight excluding hydrogens is 278 g/mol. The number of nitrogens with one attached hydrogen (secondary N) is 1. The predicted molar refractivity (Wildman–Crippen MR) is 86.4 cm³/mol. The van der Waals surface area contributed by atoms with Crippen LogP contribution in [-0.2, 0) is 9.59 Å². The van der Waals surface area contributed by atoms with Crippen LogP contribution in [0.25, 0.3) is 0 Å². The van der Waals surface area contributed by atoms with E-state index in [1.807, 2.05) is 6.92 Å². The molecule has 1 amide bonds. The molecule has 2 aliphatic carbocycles. The van der Waals surface area contributed by atoms with Crippen LogP contribution in [-0.4, -0.2) is 23.0 Å². The monoisotopic (exact) mass is 307 g/mol. The molecule has 0 unspecified atom stereocenters. The Kier molecular flexibility index (Phi) is 6.47. The zero-order valence-electron chi connectivity index (χ0n) is 13.6. The average Bonchev–Trinajstić information content (AvgIpc) is 3.05. The van der Waals surface area contributed by atoms with Crippen LogP contribution < -0.4 is 5.32 Å².